The smallest absolute Gasteiger partial charge is 0.255 e. The summed E-state index contributed by atoms with van der Waals surface area (Å²) in [6.45, 7) is 1.86. The Kier molecular flexibility index (Phi) is 3.82. The number of ether oxygens (including phenoxy) is 2. The Morgan fingerprint density at radius 3 is 2.63 bits per heavy atom. The molecule has 1 amide bonds. The van der Waals surface area contributed by atoms with E-state index in [0.717, 1.165) is 0 Å². The summed E-state index contributed by atoms with van der Waals surface area (Å²) in [6, 6.07) is 2.49. The number of hydrogen-bond acceptors (Lipinski definition) is 3. The van der Waals surface area contributed by atoms with Crippen molar-refractivity contribution in [2.75, 3.05) is 14.2 Å². The van der Waals surface area contributed by atoms with Crippen molar-refractivity contribution in [2.24, 2.45) is 0 Å². The fourth-order valence-corrected chi connectivity index (χ4v) is 2.74. The number of carbonyl (C=O) groups excluding carboxylic acids is 1. The molecule has 2 atom stereocenters. The first-order valence-corrected chi connectivity index (χ1v) is 6.68. The third-order valence-corrected chi connectivity index (χ3v) is 4.21. The second-order valence-corrected chi connectivity index (χ2v) is 5.22. The first-order valence-electron chi connectivity index (χ1n) is 5.89. The summed E-state index contributed by atoms with van der Waals surface area (Å²) in [7, 11) is 2.99. The summed E-state index contributed by atoms with van der Waals surface area (Å²) in [5, 5.41) is 2.75. The molecule has 0 unspecified atom stereocenters. The number of halogens is 2. The van der Waals surface area contributed by atoms with Gasteiger partial charge < -0.3 is 14.8 Å². The van der Waals surface area contributed by atoms with Crippen molar-refractivity contribution in [2.45, 2.75) is 25.0 Å². The molecular weight excluding hydrogens is 317 g/mol. The molecule has 1 aliphatic rings. The molecule has 1 fully saturated rings. The molecule has 1 saturated heterocycles. The average Bonchev–Trinajstić information content (AvgIpc) is 2.40. The van der Waals surface area contributed by atoms with Crippen molar-refractivity contribution in [1.82, 2.24) is 5.32 Å². The molecule has 0 saturated carbocycles. The van der Waals surface area contributed by atoms with Gasteiger partial charge in [0.05, 0.1) is 17.6 Å². The fourth-order valence-electron chi connectivity index (χ4n) is 2.42. The van der Waals surface area contributed by atoms with Gasteiger partial charge in [0.1, 0.15) is 11.6 Å². The Morgan fingerprint density at radius 2 is 2.16 bits per heavy atom. The Balaban J connectivity index is 2.48. The van der Waals surface area contributed by atoms with Crippen molar-refractivity contribution < 1.29 is 18.7 Å². The summed E-state index contributed by atoms with van der Waals surface area (Å²) in [5.41, 5.74) is -0.375. The lowest BCUT2D eigenvalue weighted by Crippen LogP contribution is -2.67. The van der Waals surface area contributed by atoms with Crippen molar-refractivity contribution >= 4 is 21.8 Å². The zero-order valence-electron chi connectivity index (χ0n) is 10.9. The highest BCUT2D eigenvalue weighted by atomic mass is 79.9. The van der Waals surface area contributed by atoms with E-state index < -0.39 is 17.5 Å². The minimum absolute atomic E-state index is 0.187. The highest BCUT2D eigenvalue weighted by Crippen LogP contribution is 2.44. The maximum Gasteiger partial charge on any atom is 0.255 e. The van der Waals surface area contributed by atoms with Crippen LogP contribution in [0.2, 0.25) is 0 Å². The Morgan fingerprint density at radius 1 is 1.47 bits per heavy atom. The topological polar surface area (TPSA) is 47.6 Å². The average molecular weight is 332 g/mol. The lowest BCUT2D eigenvalue weighted by Gasteiger charge is -2.47. The van der Waals surface area contributed by atoms with Crippen LogP contribution in [0.4, 0.5) is 4.39 Å². The molecule has 1 aromatic carbocycles. The number of nitrogens with one attached hydrogen (secondary N) is 1. The van der Waals surface area contributed by atoms with Crippen LogP contribution in [0.15, 0.2) is 16.6 Å². The van der Waals surface area contributed by atoms with E-state index in [-0.39, 0.29) is 5.91 Å². The quantitative estimate of drug-likeness (QED) is 0.862. The van der Waals surface area contributed by atoms with Gasteiger partial charge in [0.25, 0.3) is 5.91 Å². The van der Waals surface area contributed by atoms with Gasteiger partial charge in [0, 0.05) is 12.7 Å². The van der Waals surface area contributed by atoms with E-state index in [0.29, 0.717) is 22.2 Å². The number of carbonyl (C=O) groups is 1. The second kappa shape index (κ2) is 5.09. The van der Waals surface area contributed by atoms with Crippen LogP contribution < -0.4 is 10.1 Å². The van der Waals surface area contributed by atoms with Gasteiger partial charge in [-0.3, -0.25) is 4.79 Å². The second-order valence-electron chi connectivity index (χ2n) is 4.36. The van der Waals surface area contributed by atoms with E-state index in [1.54, 1.807) is 6.07 Å². The molecule has 1 heterocycles. The Bertz CT molecular complexity index is 517. The molecule has 1 N–H and O–H groups in total. The maximum absolute atomic E-state index is 13.7. The molecular formula is C13H15BrFNO3. The molecule has 4 nitrogen and oxygen atoms in total. The first-order chi connectivity index (χ1) is 9.00. The summed E-state index contributed by atoms with van der Waals surface area (Å²) in [6.07, 6.45) is 0.501. The van der Waals surface area contributed by atoms with Gasteiger partial charge in [-0.15, -0.1) is 0 Å². The van der Waals surface area contributed by atoms with E-state index >= 15 is 0 Å². The van der Waals surface area contributed by atoms with Crippen molar-refractivity contribution in [3.63, 3.8) is 0 Å². The van der Waals surface area contributed by atoms with Crippen LogP contribution in [0.25, 0.3) is 0 Å². The summed E-state index contributed by atoms with van der Waals surface area (Å²) in [5.74, 6) is -0.0842. The molecule has 0 bridgehead atoms. The maximum atomic E-state index is 13.7. The standard InChI is InChI=1S/C13H15BrFNO3/c1-4-13(19-3)11(16-12(13)17)7-5-9(15)8(14)6-10(7)18-2/h5-6,11H,4H2,1-3H3,(H,16,17)/t11-,13+/m0/s1. The lowest BCUT2D eigenvalue weighted by atomic mass is 9.78. The summed E-state index contributed by atoms with van der Waals surface area (Å²) >= 11 is 3.11. The number of methoxy groups -OCH3 is 2. The van der Waals surface area contributed by atoms with Gasteiger partial charge >= 0.3 is 0 Å². The first kappa shape index (κ1) is 14.3. The SMILES string of the molecule is CC[C@]1(OC)C(=O)N[C@H]1c1cc(F)c(Br)cc1OC. The fraction of sp³-hybridized carbons (Fsp3) is 0.462. The Labute approximate surface area is 119 Å². The highest BCUT2D eigenvalue weighted by Gasteiger charge is 2.56. The van der Waals surface area contributed by atoms with Crippen LogP contribution in [-0.2, 0) is 9.53 Å². The molecule has 2 rings (SSSR count). The number of β-lactam (4-membered cyclic amide) rings is 1. The van der Waals surface area contributed by atoms with Gasteiger partial charge in [-0.1, -0.05) is 6.92 Å². The van der Waals surface area contributed by atoms with Crippen molar-refractivity contribution in [1.29, 1.82) is 0 Å². The number of rotatable bonds is 4. The molecule has 0 aliphatic carbocycles. The monoisotopic (exact) mass is 331 g/mol. The lowest BCUT2D eigenvalue weighted by molar-refractivity contribution is -0.168. The number of hydrogen-bond donors (Lipinski definition) is 1. The molecule has 0 spiro atoms. The number of benzene rings is 1. The van der Waals surface area contributed by atoms with Crippen molar-refractivity contribution in [3.05, 3.63) is 28.0 Å². The van der Waals surface area contributed by atoms with Gasteiger partial charge in [-0.05, 0) is 34.5 Å². The van der Waals surface area contributed by atoms with Gasteiger partial charge in [0.2, 0.25) is 0 Å². The predicted molar refractivity (Wildman–Crippen MR) is 71.6 cm³/mol. The van der Waals surface area contributed by atoms with E-state index in [2.05, 4.69) is 21.2 Å². The largest absolute Gasteiger partial charge is 0.496 e. The van der Waals surface area contributed by atoms with Crippen LogP contribution in [0, 0.1) is 5.82 Å². The van der Waals surface area contributed by atoms with E-state index in [9.17, 15) is 9.18 Å². The predicted octanol–water partition coefficient (Wildman–Crippen LogP) is 2.56. The van der Waals surface area contributed by atoms with Crippen LogP contribution in [-0.4, -0.2) is 25.7 Å². The van der Waals surface area contributed by atoms with Crippen LogP contribution >= 0.6 is 15.9 Å². The molecule has 1 aliphatic heterocycles. The normalized spacial score (nSPS) is 25.7. The van der Waals surface area contributed by atoms with E-state index in [4.69, 9.17) is 9.47 Å². The zero-order valence-corrected chi connectivity index (χ0v) is 12.5. The highest BCUT2D eigenvalue weighted by molar-refractivity contribution is 9.10. The molecule has 0 radical (unpaired) electrons. The summed E-state index contributed by atoms with van der Waals surface area (Å²) in [4.78, 5) is 11.8. The molecule has 0 aromatic heterocycles. The van der Waals surface area contributed by atoms with Gasteiger partial charge in [-0.2, -0.15) is 0 Å². The molecule has 6 heteroatoms. The van der Waals surface area contributed by atoms with Crippen LogP contribution in [0.1, 0.15) is 24.9 Å². The minimum Gasteiger partial charge on any atom is -0.496 e. The summed E-state index contributed by atoms with van der Waals surface area (Å²) < 4.78 is 24.7. The van der Waals surface area contributed by atoms with Gasteiger partial charge in [0.15, 0.2) is 5.60 Å². The third-order valence-electron chi connectivity index (χ3n) is 3.60. The van der Waals surface area contributed by atoms with E-state index in [1.807, 2.05) is 6.92 Å². The minimum atomic E-state index is -0.951. The molecule has 1 aromatic rings. The third kappa shape index (κ3) is 2.03. The zero-order chi connectivity index (χ0) is 14.2. The molecule has 19 heavy (non-hydrogen) atoms. The van der Waals surface area contributed by atoms with Crippen LogP contribution in [0.3, 0.4) is 0 Å². The van der Waals surface area contributed by atoms with E-state index in [1.165, 1.54) is 20.3 Å². The Hall–Kier alpha value is -1.14. The number of amides is 1. The van der Waals surface area contributed by atoms with Gasteiger partial charge in [-0.25, -0.2) is 4.39 Å². The molecule has 104 valence electrons. The van der Waals surface area contributed by atoms with Crippen molar-refractivity contribution in [3.8, 4) is 5.75 Å². The van der Waals surface area contributed by atoms with Crippen LogP contribution in [0.5, 0.6) is 5.75 Å².